The van der Waals surface area contributed by atoms with Crippen LogP contribution in [-0.4, -0.2) is 22.3 Å². The van der Waals surface area contributed by atoms with Crippen molar-refractivity contribution in [2.24, 2.45) is 5.92 Å². The zero-order valence-corrected chi connectivity index (χ0v) is 19.3. The van der Waals surface area contributed by atoms with Crippen molar-refractivity contribution < 1.29 is 24.5 Å². The molecule has 28 heavy (non-hydrogen) atoms. The molecule has 2 atom stereocenters. The predicted octanol–water partition coefficient (Wildman–Crippen LogP) is 6.25. The first-order valence-corrected chi connectivity index (χ1v) is 10.4. The number of anilines is 1. The van der Waals surface area contributed by atoms with Crippen LogP contribution in [0.4, 0.5) is 10.5 Å². The zero-order chi connectivity index (χ0) is 20.8. The Morgan fingerprint density at radius 1 is 1.11 bits per heavy atom. The van der Waals surface area contributed by atoms with Crippen molar-refractivity contribution in [1.82, 2.24) is 0 Å². The van der Waals surface area contributed by atoms with Gasteiger partial charge in [0, 0.05) is 32.2 Å². The highest BCUT2D eigenvalue weighted by Crippen LogP contribution is 2.40. The van der Waals surface area contributed by atoms with E-state index >= 15 is 0 Å². The first-order chi connectivity index (χ1) is 13.2. The lowest BCUT2D eigenvalue weighted by atomic mass is 9.96. The van der Waals surface area contributed by atoms with Gasteiger partial charge in [-0.25, -0.2) is 9.59 Å². The number of halogens is 3. The molecule has 2 aromatic rings. The van der Waals surface area contributed by atoms with Crippen LogP contribution in [0, 0.1) is 5.92 Å². The summed E-state index contributed by atoms with van der Waals surface area (Å²) in [5.74, 6) is -1.75. The molecule has 0 bridgehead atoms. The maximum absolute atomic E-state index is 12.4. The van der Waals surface area contributed by atoms with Crippen LogP contribution in [0.1, 0.15) is 18.6 Å². The Morgan fingerprint density at radius 3 is 2.36 bits per heavy atom. The van der Waals surface area contributed by atoms with Gasteiger partial charge in [-0.05, 0) is 52.3 Å². The Hall–Kier alpha value is -1.84. The molecular formula is C19H16Br3NO5. The molecule has 2 rings (SSSR count). The molecule has 0 radical (unpaired) electrons. The van der Waals surface area contributed by atoms with Gasteiger partial charge in [0.1, 0.15) is 11.9 Å². The molecule has 0 saturated heterocycles. The maximum atomic E-state index is 12.4. The van der Waals surface area contributed by atoms with Crippen molar-refractivity contribution in [3.05, 3.63) is 67.5 Å². The molecule has 9 heteroatoms. The van der Waals surface area contributed by atoms with Crippen molar-refractivity contribution in [2.75, 3.05) is 5.32 Å². The number of phenolic OH excluding ortho intramolecular Hbond substituents is 1. The molecule has 0 saturated carbocycles. The van der Waals surface area contributed by atoms with E-state index in [9.17, 15) is 14.7 Å². The predicted molar refractivity (Wildman–Crippen MR) is 116 cm³/mol. The zero-order valence-electron chi connectivity index (χ0n) is 14.5. The van der Waals surface area contributed by atoms with Crippen LogP contribution >= 0.6 is 47.8 Å². The summed E-state index contributed by atoms with van der Waals surface area (Å²) in [7, 11) is 0. The van der Waals surface area contributed by atoms with Gasteiger partial charge in [0.15, 0.2) is 0 Å². The fourth-order valence-electron chi connectivity index (χ4n) is 2.39. The van der Waals surface area contributed by atoms with Crippen LogP contribution in [0.3, 0.4) is 0 Å². The lowest BCUT2D eigenvalue weighted by Crippen LogP contribution is -2.21. The summed E-state index contributed by atoms with van der Waals surface area (Å²) < 4.78 is 7.48. The number of amides is 1. The summed E-state index contributed by atoms with van der Waals surface area (Å²) >= 11 is 9.91. The van der Waals surface area contributed by atoms with E-state index in [1.165, 1.54) is 6.08 Å². The van der Waals surface area contributed by atoms with Gasteiger partial charge in [0.05, 0.1) is 4.47 Å². The van der Waals surface area contributed by atoms with Crippen LogP contribution in [0.5, 0.6) is 5.75 Å². The van der Waals surface area contributed by atoms with E-state index in [2.05, 4.69) is 53.1 Å². The number of rotatable bonds is 6. The Morgan fingerprint density at radius 2 is 1.75 bits per heavy atom. The number of ether oxygens (including phenoxy) is 1. The summed E-state index contributed by atoms with van der Waals surface area (Å²) in [5, 5.41) is 21.9. The number of hydrogen-bond acceptors (Lipinski definition) is 4. The number of carboxylic acids is 1. The third-order valence-electron chi connectivity index (χ3n) is 3.71. The van der Waals surface area contributed by atoms with Crippen molar-refractivity contribution in [2.45, 2.75) is 13.0 Å². The van der Waals surface area contributed by atoms with Gasteiger partial charge < -0.3 is 14.9 Å². The second-order valence-corrected chi connectivity index (χ2v) is 8.53. The number of aliphatic carboxylic acids is 1. The lowest BCUT2D eigenvalue weighted by Gasteiger charge is -2.24. The van der Waals surface area contributed by atoms with Crippen molar-refractivity contribution in [3.8, 4) is 5.75 Å². The first kappa shape index (κ1) is 22.4. The highest BCUT2D eigenvalue weighted by Gasteiger charge is 2.26. The third kappa shape index (κ3) is 6.35. The van der Waals surface area contributed by atoms with Crippen LogP contribution in [0.2, 0.25) is 0 Å². The minimum Gasteiger partial charge on any atom is -0.506 e. The van der Waals surface area contributed by atoms with Gasteiger partial charge in [0.25, 0.3) is 0 Å². The molecule has 2 aromatic carbocycles. The van der Waals surface area contributed by atoms with E-state index in [-0.39, 0.29) is 5.75 Å². The second-order valence-electron chi connectivity index (χ2n) is 5.84. The average molecular weight is 578 g/mol. The molecule has 0 aromatic heterocycles. The lowest BCUT2D eigenvalue weighted by molar-refractivity contribution is -0.131. The minimum atomic E-state index is -1.12. The third-order valence-corrected chi connectivity index (χ3v) is 5.30. The van der Waals surface area contributed by atoms with Gasteiger partial charge in [-0.15, -0.1) is 0 Å². The molecule has 0 aliphatic carbocycles. The van der Waals surface area contributed by atoms with Gasteiger partial charge in [0.2, 0.25) is 0 Å². The Balaban J connectivity index is 2.31. The Labute approximate surface area is 187 Å². The van der Waals surface area contributed by atoms with Gasteiger partial charge >= 0.3 is 12.1 Å². The molecule has 0 spiro atoms. The first-order valence-electron chi connectivity index (χ1n) is 7.99. The van der Waals surface area contributed by atoms with E-state index in [1.807, 2.05) is 0 Å². The van der Waals surface area contributed by atoms with Crippen LogP contribution in [0.15, 0.2) is 62.0 Å². The van der Waals surface area contributed by atoms with Gasteiger partial charge in [-0.1, -0.05) is 44.9 Å². The van der Waals surface area contributed by atoms with Crippen molar-refractivity contribution in [1.29, 1.82) is 0 Å². The molecule has 148 valence electrons. The standard InChI is InChI=1S/C19H16Br3NO5/c1-10(2-7-16(24)25)18(14-8-12(21)9-15(22)17(14)26)28-19(27)23-13-5-3-11(20)4-6-13/h2-10,18,26H,1H3,(H,23,27)(H,24,25)/b7-2+/t10-,18-/m0/s1. The molecule has 0 unspecified atom stereocenters. The summed E-state index contributed by atoms with van der Waals surface area (Å²) in [6, 6.07) is 10.2. The fourth-order valence-corrected chi connectivity index (χ4v) is 3.91. The maximum Gasteiger partial charge on any atom is 0.412 e. The SMILES string of the molecule is C[C@@H](/C=C/C(=O)O)[C@H](OC(=O)Nc1ccc(Br)cc1)c1cc(Br)cc(Br)c1O. The molecule has 1 amide bonds. The quantitative estimate of drug-likeness (QED) is 0.353. The minimum absolute atomic E-state index is 0.0970. The topological polar surface area (TPSA) is 95.9 Å². The van der Waals surface area contributed by atoms with Gasteiger partial charge in [-0.3, -0.25) is 5.32 Å². The number of carboxylic acid groups (broad SMARTS) is 1. The number of aromatic hydroxyl groups is 1. The number of phenols is 1. The number of carbonyl (C=O) groups is 2. The molecular weight excluding hydrogens is 562 g/mol. The van der Waals surface area contributed by atoms with E-state index in [0.717, 1.165) is 10.5 Å². The van der Waals surface area contributed by atoms with E-state index in [4.69, 9.17) is 9.84 Å². The number of benzene rings is 2. The van der Waals surface area contributed by atoms with E-state index < -0.39 is 24.1 Å². The normalized spacial score (nSPS) is 13.1. The summed E-state index contributed by atoms with van der Waals surface area (Å²) in [5.41, 5.74) is 0.857. The van der Waals surface area contributed by atoms with Crippen LogP contribution < -0.4 is 5.32 Å². The van der Waals surface area contributed by atoms with Crippen LogP contribution in [0.25, 0.3) is 0 Å². The highest BCUT2D eigenvalue weighted by atomic mass is 79.9. The monoisotopic (exact) mass is 575 g/mol. The molecule has 0 aliphatic heterocycles. The smallest absolute Gasteiger partial charge is 0.412 e. The number of hydrogen-bond donors (Lipinski definition) is 3. The Kier molecular flexibility index (Phi) is 8.09. The van der Waals surface area contributed by atoms with E-state index in [1.54, 1.807) is 43.3 Å². The highest BCUT2D eigenvalue weighted by molar-refractivity contribution is 9.11. The van der Waals surface area contributed by atoms with Crippen molar-refractivity contribution in [3.63, 3.8) is 0 Å². The van der Waals surface area contributed by atoms with Gasteiger partial charge in [-0.2, -0.15) is 0 Å². The molecule has 0 fully saturated rings. The van der Waals surface area contributed by atoms with Crippen molar-refractivity contribution >= 4 is 65.5 Å². The fraction of sp³-hybridized carbons (Fsp3) is 0.158. The largest absolute Gasteiger partial charge is 0.506 e. The molecule has 3 N–H and O–H groups in total. The molecule has 0 heterocycles. The second kappa shape index (κ2) is 10.1. The summed E-state index contributed by atoms with van der Waals surface area (Å²) in [6.07, 6.45) is 0.699. The number of nitrogens with one attached hydrogen (secondary N) is 1. The summed E-state index contributed by atoms with van der Waals surface area (Å²) in [6.45, 7) is 1.69. The van der Waals surface area contributed by atoms with Crippen LogP contribution in [-0.2, 0) is 9.53 Å². The number of carbonyl (C=O) groups excluding carboxylic acids is 1. The molecule has 0 aliphatic rings. The Bertz CT molecular complexity index is 899. The summed E-state index contributed by atoms with van der Waals surface area (Å²) in [4.78, 5) is 23.3. The average Bonchev–Trinajstić information content (AvgIpc) is 2.62. The molecule has 6 nitrogen and oxygen atoms in total. The van der Waals surface area contributed by atoms with E-state index in [0.29, 0.717) is 20.2 Å².